The van der Waals surface area contributed by atoms with Crippen LogP contribution in [0, 0.1) is 3.57 Å². The maximum Gasteiger partial charge on any atom is 0.573 e. The first-order chi connectivity index (χ1) is 8.31. The molecule has 2 N–H and O–H groups in total. The second kappa shape index (κ2) is 6.67. The summed E-state index contributed by atoms with van der Waals surface area (Å²) in [5.74, 6) is -0.344. The van der Waals surface area contributed by atoms with Gasteiger partial charge >= 0.3 is 6.36 Å². The Balaban J connectivity index is 2.83. The van der Waals surface area contributed by atoms with E-state index in [9.17, 15) is 18.3 Å². The number of ether oxygens (including phenoxy) is 1. The number of hydrogen-bond acceptors (Lipinski definition) is 3. The zero-order chi connectivity index (χ0) is 13.8. The fourth-order valence-electron chi connectivity index (χ4n) is 1.13. The summed E-state index contributed by atoms with van der Waals surface area (Å²) in [5, 5.41) is 11.9. The maximum absolute atomic E-state index is 12.2. The Hall–Kier alpha value is -0.410. The third-order valence-corrected chi connectivity index (χ3v) is 2.90. The van der Waals surface area contributed by atoms with Crippen LogP contribution < -0.4 is 10.1 Å². The van der Waals surface area contributed by atoms with E-state index in [1.54, 1.807) is 6.07 Å². The zero-order valence-corrected chi connectivity index (χ0v) is 11.9. The van der Waals surface area contributed by atoms with E-state index in [1.165, 1.54) is 12.1 Å². The zero-order valence-electron chi connectivity index (χ0n) is 8.97. The van der Waals surface area contributed by atoms with Gasteiger partial charge in [-0.1, -0.05) is 0 Å². The molecule has 0 spiro atoms. The van der Waals surface area contributed by atoms with E-state index in [2.05, 4.69) is 10.1 Å². The van der Waals surface area contributed by atoms with Crippen molar-refractivity contribution in [2.45, 2.75) is 12.5 Å². The summed E-state index contributed by atoms with van der Waals surface area (Å²) in [6, 6.07) is 4.33. The SMILES string of the molecule is OC(CCl)CNc1ccc(I)cc1OC(F)(F)F. The molecule has 1 aromatic carbocycles. The van der Waals surface area contributed by atoms with Crippen LogP contribution in [0.5, 0.6) is 5.75 Å². The van der Waals surface area contributed by atoms with Gasteiger partial charge in [-0.25, -0.2) is 0 Å². The molecule has 0 saturated heterocycles. The molecule has 0 amide bonds. The summed E-state index contributed by atoms with van der Waals surface area (Å²) in [4.78, 5) is 0. The Kier molecular flexibility index (Phi) is 5.80. The second-order valence-electron chi connectivity index (χ2n) is 3.38. The molecule has 102 valence electrons. The maximum atomic E-state index is 12.2. The van der Waals surface area contributed by atoms with Crippen LogP contribution in [-0.2, 0) is 0 Å². The minimum Gasteiger partial charge on any atom is -0.404 e. The molecule has 0 fully saturated rings. The van der Waals surface area contributed by atoms with Crippen LogP contribution in [0.2, 0.25) is 0 Å². The third-order valence-electron chi connectivity index (χ3n) is 1.88. The Morgan fingerprint density at radius 2 is 2.11 bits per heavy atom. The standard InChI is InChI=1S/C10H10ClF3INO2/c11-4-7(17)5-16-8-2-1-6(15)3-9(8)18-10(12,13)14/h1-3,7,16-17H,4-5H2. The van der Waals surface area contributed by atoms with Crippen molar-refractivity contribution < 1.29 is 23.0 Å². The van der Waals surface area contributed by atoms with Crippen LogP contribution >= 0.6 is 34.2 Å². The number of alkyl halides is 4. The molecule has 8 heteroatoms. The second-order valence-corrected chi connectivity index (χ2v) is 4.93. The number of rotatable bonds is 5. The van der Waals surface area contributed by atoms with Crippen LogP contribution in [0.3, 0.4) is 0 Å². The molecular formula is C10H10ClF3INO2. The summed E-state index contributed by atoms with van der Waals surface area (Å²) in [6.07, 6.45) is -5.60. The molecule has 0 radical (unpaired) electrons. The molecule has 1 atom stereocenters. The van der Waals surface area contributed by atoms with E-state index in [0.717, 1.165) is 0 Å². The Morgan fingerprint density at radius 1 is 1.44 bits per heavy atom. The first-order valence-corrected chi connectivity index (χ1v) is 6.46. The van der Waals surface area contributed by atoms with Crippen molar-refractivity contribution in [1.29, 1.82) is 0 Å². The summed E-state index contributed by atoms with van der Waals surface area (Å²) in [7, 11) is 0. The average molecular weight is 396 g/mol. The fraction of sp³-hybridized carbons (Fsp3) is 0.400. The lowest BCUT2D eigenvalue weighted by atomic mass is 10.3. The molecule has 0 aromatic heterocycles. The van der Waals surface area contributed by atoms with Gasteiger partial charge in [-0.3, -0.25) is 0 Å². The van der Waals surface area contributed by atoms with Crippen molar-refractivity contribution >= 4 is 39.9 Å². The number of halogens is 5. The number of anilines is 1. The van der Waals surface area contributed by atoms with Crippen molar-refractivity contribution in [3.8, 4) is 5.75 Å². The van der Waals surface area contributed by atoms with Gasteiger partial charge in [-0.05, 0) is 40.8 Å². The van der Waals surface area contributed by atoms with Gasteiger partial charge in [0.25, 0.3) is 0 Å². The van der Waals surface area contributed by atoms with Gasteiger partial charge in [-0.15, -0.1) is 24.8 Å². The molecule has 0 aliphatic rings. The van der Waals surface area contributed by atoms with Gasteiger partial charge in [-0.2, -0.15) is 0 Å². The monoisotopic (exact) mass is 395 g/mol. The van der Waals surface area contributed by atoms with E-state index in [0.29, 0.717) is 3.57 Å². The van der Waals surface area contributed by atoms with Gasteiger partial charge in [0.05, 0.1) is 17.7 Å². The lowest BCUT2D eigenvalue weighted by molar-refractivity contribution is -0.274. The highest BCUT2D eigenvalue weighted by molar-refractivity contribution is 14.1. The Bertz CT molecular complexity index is 403. The number of hydrogen-bond donors (Lipinski definition) is 2. The van der Waals surface area contributed by atoms with E-state index >= 15 is 0 Å². The third kappa shape index (κ3) is 5.49. The van der Waals surface area contributed by atoms with Crippen LogP contribution in [0.15, 0.2) is 18.2 Å². The minimum absolute atomic E-state index is 0.00711. The number of nitrogens with one attached hydrogen (secondary N) is 1. The van der Waals surface area contributed by atoms with Crippen molar-refractivity contribution in [1.82, 2.24) is 0 Å². The molecule has 0 heterocycles. The van der Waals surface area contributed by atoms with Gasteiger partial charge < -0.3 is 15.2 Å². The van der Waals surface area contributed by atoms with Crippen molar-refractivity contribution in [2.24, 2.45) is 0 Å². The van der Waals surface area contributed by atoms with Gasteiger partial charge in [0.2, 0.25) is 0 Å². The quantitative estimate of drug-likeness (QED) is 0.594. The smallest absolute Gasteiger partial charge is 0.404 e. The molecular weight excluding hydrogens is 385 g/mol. The molecule has 0 aliphatic heterocycles. The highest BCUT2D eigenvalue weighted by Crippen LogP contribution is 2.31. The molecule has 1 aromatic rings. The summed E-state index contributed by atoms with van der Waals surface area (Å²) < 4.78 is 41.1. The Labute approximate surface area is 120 Å². The largest absolute Gasteiger partial charge is 0.573 e. The van der Waals surface area contributed by atoms with Crippen molar-refractivity contribution in [3.63, 3.8) is 0 Å². The molecule has 18 heavy (non-hydrogen) atoms. The number of benzene rings is 1. The normalized spacial score (nSPS) is 13.2. The van der Waals surface area contributed by atoms with Crippen LogP contribution in [0.25, 0.3) is 0 Å². The minimum atomic E-state index is -4.76. The highest BCUT2D eigenvalue weighted by atomic mass is 127. The van der Waals surface area contributed by atoms with Gasteiger partial charge in [0.15, 0.2) is 5.75 Å². The topological polar surface area (TPSA) is 41.5 Å². The van der Waals surface area contributed by atoms with E-state index in [-0.39, 0.29) is 23.9 Å². The number of aliphatic hydroxyl groups excluding tert-OH is 1. The molecule has 1 unspecified atom stereocenters. The highest BCUT2D eigenvalue weighted by Gasteiger charge is 2.32. The van der Waals surface area contributed by atoms with E-state index in [4.69, 9.17) is 11.6 Å². The molecule has 0 saturated carbocycles. The van der Waals surface area contributed by atoms with Crippen LogP contribution in [0.1, 0.15) is 0 Å². The van der Waals surface area contributed by atoms with Gasteiger partial charge in [0, 0.05) is 10.1 Å². The van der Waals surface area contributed by atoms with E-state index < -0.39 is 12.5 Å². The molecule has 1 rings (SSSR count). The average Bonchev–Trinajstić information content (AvgIpc) is 2.25. The predicted octanol–water partition coefficient (Wildman–Crippen LogP) is 3.20. The summed E-state index contributed by atoms with van der Waals surface area (Å²) >= 11 is 7.26. The van der Waals surface area contributed by atoms with Crippen LogP contribution in [0.4, 0.5) is 18.9 Å². The lowest BCUT2D eigenvalue weighted by Gasteiger charge is -2.16. The predicted molar refractivity (Wildman–Crippen MR) is 71.1 cm³/mol. The van der Waals surface area contributed by atoms with Crippen molar-refractivity contribution in [2.75, 3.05) is 17.7 Å². The van der Waals surface area contributed by atoms with E-state index in [1.807, 2.05) is 22.6 Å². The molecule has 0 aliphatic carbocycles. The molecule has 3 nitrogen and oxygen atoms in total. The first kappa shape index (κ1) is 15.6. The fourth-order valence-corrected chi connectivity index (χ4v) is 1.71. The van der Waals surface area contributed by atoms with Crippen molar-refractivity contribution in [3.05, 3.63) is 21.8 Å². The lowest BCUT2D eigenvalue weighted by Crippen LogP contribution is -2.22. The molecule has 0 bridgehead atoms. The summed E-state index contributed by atoms with van der Waals surface area (Å²) in [6.45, 7) is 0.0400. The van der Waals surface area contributed by atoms with Crippen LogP contribution in [-0.4, -0.2) is 30.0 Å². The Morgan fingerprint density at radius 3 is 2.67 bits per heavy atom. The van der Waals surface area contributed by atoms with Gasteiger partial charge in [0.1, 0.15) is 0 Å². The summed E-state index contributed by atoms with van der Waals surface area (Å²) in [5.41, 5.74) is 0.150. The number of aliphatic hydroxyl groups is 1. The first-order valence-electron chi connectivity index (χ1n) is 4.85.